The highest BCUT2D eigenvalue weighted by molar-refractivity contribution is 6.30. The first kappa shape index (κ1) is 18.5. The number of hydrogen-bond donors (Lipinski definition) is 1. The number of rotatable bonds is 7. The SMILES string of the molecule is CCOC(=O)C(OC)C(N)Cc1ccc(-c2cccc(Cl)c2)cc1. The number of ether oxygens (including phenoxy) is 2. The lowest BCUT2D eigenvalue weighted by Crippen LogP contribution is -2.44. The van der Waals surface area contributed by atoms with Crippen molar-refractivity contribution in [1.29, 1.82) is 0 Å². The number of halogens is 1. The predicted molar refractivity (Wildman–Crippen MR) is 96.0 cm³/mol. The normalized spacial score (nSPS) is 13.3. The molecule has 0 spiro atoms. The zero-order chi connectivity index (χ0) is 17.5. The van der Waals surface area contributed by atoms with Gasteiger partial charge in [-0.05, 0) is 42.2 Å². The Bertz CT molecular complexity index is 673. The summed E-state index contributed by atoms with van der Waals surface area (Å²) in [7, 11) is 1.46. The average Bonchev–Trinajstić information content (AvgIpc) is 2.56. The predicted octanol–water partition coefficient (Wildman–Crippen LogP) is 3.45. The summed E-state index contributed by atoms with van der Waals surface area (Å²) in [5, 5.41) is 0.705. The van der Waals surface area contributed by atoms with Gasteiger partial charge in [-0.15, -0.1) is 0 Å². The van der Waals surface area contributed by atoms with E-state index in [0.29, 0.717) is 18.1 Å². The molecule has 2 unspecified atom stereocenters. The molecule has 0 aliphatic heterocycles. The minimum atomic E-state index is -0.766. The summed E-state index contributed by atoms with van der Waals surface area (Å²) in [5.74, 6) is -0.428. The van der Waals surface area contributed by atoms with Gasteiger partial charge in [-0.25, -0.2) is 4.79 Å². The van der Waals surface area contributed by atoms with E-state index < -0.39 is 18.1 Å². The van der Waals surface area contributed by atoms with E-state index in [1.54, 1.807) is 6.92 Å². The van der Waals surface area contributed by atoms with Crippen molar-refractivity contribution in [3.05, 3.63) is 59.1 Å². The van der Waals surface area contributed by atoms with Gasteiger partial charge in [0.25, 0.3) is 0 Å². The molecular weight excluding hydrogens is 326 g/mol. The number of hydrogen-bond acceptors (Lipinski definition) is 4. The number of nitrogens with two attached hydrogens (primary N) is 1. The standard InChI is InChI=1S/C19H22ClNO3/c1-3-24-19(22)18(23-2)17(21)11-13-7-9-14(10-8-13)15-5-4-6-16(20)12-15/h4-10,12,17-18H,3,11,21H2,1-2H3. The van der Waals surface area contributed by atoms with E-state index >= 15 is 0 Å². The summed E-state index contributed by atoms with van der Waals surface area (Å²) >= 11 is 6.03. The fraction of sp³-hybridized carbons (Fsp3) is 0.316. The second kappa shape index (κ2) is 8.83. The van der Waals surface area contributed by atoms with Crippen LogP contribution in [0.2, 0.25) is 5.02 Å². The molecule has 4 nitrogen and oxygen atoms in total. The van der Waals surface area contributed by atoms with E-state index in [4.69, 9.17) is 26.8 Å². The highest BCUT2D eigenvalue weighted by atomic mass is 35.5. The van der Waals surface area contributed by atoms with Crippen LogP contribution in [-0.2, 0) is 20.7 Å². The van der Waals surface area contributed by atoms with E-state index in [2.05, 4.69) is 0 Å². The van der Waals surface area contributed by atoms with E-state index in [9.17, 15) is 4.79 Å². The molecule has 2 N–H and O–H groups in total. The molecule has 0 radical (unpaired) electrons. The second-order valence-electron chi connectivity index (χ2n) is 5.48. The third-order valence-corrected chi connectivity index (χ3v) is 3.98. The topological polar surface area (TPSA) is 61.5 Å². The first-order valence-corrected chi connectivity index (χ1v) is 8.22. The minimum Gasteiger partial charge on any atom is -0.464 e. The van der Waals surface area contributed by atoms with E-state index in [0.717, 1.165) is 16.7 Å². The lowest BCUT2D eigenvalue weighted by atomic mass is 9.99. The Kier molecular flexibility index (Phi) is 6.79. The molecule has 0 amide bonds. The molecule has 0 saturated carbocycles. The van der Waals surface area contributed by atoms with Crippen molar-refractivity contribution >= 4 is 17.6 Å². The second-order valence-corrected chi connectivity index (χ2v) is 5.92. The van der Waals surface area contributed by atoms with Gasteiger partial charge in [-0.1, -0.05) is 48.0 Å². The molecule has 128 valence electrons. The van der Waals surface area contributed by atoms with Crippen molar-refractivity contribution in [2.45, 2.75) is 25.5 Å². The molecule has 0 heterocycles. The zero-order valence-electron chi connectivity index (χ0n) is 13.9. The van der Waals surface area contributed by atoms with Gasteiger partial charge in [0, 0.05) is 18.2 Å². The fourth-order valence-electron chi connectivity index (χ4n) is 2.55. The van der Waals surface area contributed by atoms with Crippen LogP contribution in [-0.4, -0.2) is 31.8 Å². The van der Waals surface area contributed by atoms with Crippen LogP contribution in [0, 0.1) is 0 Å². The molecule has 0 aliphatic rings. The highest BCUT2D eigenvalue weighted by Crippen LogP contribution is 2.23. The zero-order valence-corrected chi connectivity index (χ0v) is 14.6. The van der Waals surface area contributed by atoms with Crippen molar-refractivity contribution in [3.8, 4) is 11.1 Å². The Hall–Kier alpha value is -1.88. The third kappa shape index (κ3) is 4.81. The molecule has 0 saturated heterocycles. The summed E-state index contributed by atoms with van der Waals surface area (Å²) in [6, 6.07) is 15.2. The molecule has 5 heteroatoms. The maximum atomic E-state index is 11.8. The van der Waals surface area contributed by atoms with Crippen LogP contribution >= 0.6 is 11.6 Å². The van der Waals surface area contributed by atoms with Crippen molar-refractivity contribution in [2.24, 2.45) is 5.73 Å². The lowest BCUT2D eigenvalue weighted by Gasteiger charge is -2.21. The van der Waals surface area contributed by atoms with Gasteiger partial charge in [0.1, 0.15) is 0 Å². The Morgan fingerprint density at radius 1 is 1.17 bits per heavy atom. The van der Waals surface area contributed by atoms with Gasteiger partial charge in [0.15, 0.2) is 6.10 Å². The van der Waals surface area contributed by atoms with Gasteiger partial charge in [0.2, 0.25) is 0 Å². The molecule has 2 atom stereocenters. The van der Waals surface area contributed by atoms with E-state index in [1.807, 2.05) is 48.5 Å². The van der Waals surface area contributed by atoms with Gasteiger partial charge in [0.05, 0.1) is 6.61 Å². The number of esters is 1. The van der Waals surface area contributed by atoms with Crippen LogP contribution in [0.4, 0.5) is 0 Å². The Labute approximate surface area is 147 Å². The molecule has 0 aliphatic carbocycles. The van der Waals surface area contributed by atoms with Crippen LogP contribution < -0.4 is 5.73 Å². The van der Waals surface area contributed by atoms with Crippen molar-refractivity contribution < 1.29 is 14.3 Å². The number of carbonyl (C=O) groups excluding carboxylic acids is 1. The van der Waals surface area contributed by atoms with E-state index in [1.165, 1.54) is 7.11 Å². The van der Waals surface area contributed by atoms with Gasteiger partial charge in [-0.3, -0.25) is 0 Å². The first-order valence-electron chi connectivity index (χ1n) is 7.85. The maximum absolute atomic E-state index is 11.8. The Balaban J connectivity index is 2.06. The summed E-state index contributed by atoms with van der Waals surface area (Å²) in [4.78, 5) is 11.8. The molecule has 2 aromatic carbocycles. The van der Waals surface area contributed by atoms with Gasteiger partial charge in [-0.2, -0.15) is 0 Å². The highest BCUT2D eigenvalue weighted by Gasteiger charge is 2.26. The van der Waals surface area contributed by atoms with Crippen LogP contribution in [0.5, 0.6) is 0 Å². The summed E-state index contributed by atoms with van der Waals surface area (Å²) in [6.45, 7) is 2.06. The maximum Gasteiger partial charge on any atom is 0.336 e. The van der Waals surface area contributed by atoms with Gasteiger partial charge < -0.3 is 15.2 Å². The fourth-order valence-corrected chi connectivity index (χ4v) is 2.74. The minimum absolute atomic E-state index is 0.305. The molecule has 0 fully saturated rings. The van der Waals surface area contributed by atoms with Crippen molar-refractivity contribution in [1.82, 2.24) is 0 Å². The largest absolute Gasteiger partial charge is 0.464 e. The molecule has 0 aromatic heterocycles. The lowest BCUT2D eigenvalue weighted by molar-refractivity contribution is -0.156. The smallest absolute Gasteiger partial charge is 0.336 e. The van der Waals surface area contributed by atoms with Gasteiger partial charge >= 0.3 is 5.97 Å². The van der Waals surface area contributed by atoms with Crippen molar-refractivity contribution in [2.75, 3.05) is 13.7 Å². The van der Waals surface area contributed by atoms with Crippen LogP contribution in [0.3, 0.4) is 0 Å². The molecule has 24 heavy (non-hydrogen) atoms. The Morgan fingerprint density at radius 3 is 2.46 bits per heavy atom. The average molecular weight is 348 g/mol. The molecule has 2 aromatic rings. The summed E-state index contributed by atoms with van der Waals surface area (Å²) < 4.78 is 10.2. The van der Waals surface area contributed by atoms with Crippen LogP contribution in [0.15, 0.2) is 48.5 Å². The molecular formula is C19H22ClNO3. The number of carbonyl (C=O) groups is 1. The van der Waals surface area contributed by atoms with Crippen LogP contribution in [0.1, 0.15) is 12.5 Å². The number of methoxy groups -OCH3 is 1. The van der Waals surface area contributed by atoms with Crippen molar-refractivity contribution in [3.63, 3.8) is 0 Å². The Morgan fingerprint density at radius 2 is 1.88 bits per heavy atom. The molecule has 2 rings (SSSR count). The summed E-state index contributed by atoms with van der Waals surface area (Å²) in [5.41, 5.74) is 9.27. The van der Waals surface area contributed by atoms with E-state index in [-0.39, 0.29) is 0 Å². The molecule has 0 bridgehead atoms. The third-order valence-electron chi connectivity index (χ3n) is 3.74. The quantitative estimate of drug-likeness (QED) is 0.779. The number of benzene rings is 2. The van der Waals surface area contributed by atoms with Crippen LogP contribution in [0.25, 0.3) is 11.1 Å². The monoisotopic (exact) mass is 347 g/mol. The summed E-state index contributed by atoms with van der Waals surface area (Å²) in [6.07, 6.45) is -0.245. The first-order chi connectivity index (χ1) is 11.5.